The zero-order valence-corrected chi connectivity index (χ0v) is 19.0. The number of furan rings is 1. The number of nitrogens with one attached hydrogen (secondary N) is 1. The van der Waals surface area contributed by atoms with Crippen LogP contribution in [-0.4, -0.2) is 35.1 Å². The van der Waals surface area contributed by atoms with Gasteiger partial charge < -0.3 is 14.8 Å². The summed E-state index contributed by atoms with van der Waals surface area (Å²) in [5.74, 6) is 0.172. The lowest BCUT2D eigenvalue weighted by molar-refractivity contribution is -0.114. The topological polar surface area (TPSA) is 112 Å². The van der Waals surface area contributed by atoms with Crippen molar-refractivity contribution in [3.63, 3.8) is 0 Å². The molecule has 0 spiro atoms. The highest BCUT2D eigenvalue weighted by molar-refractivity contribution is 6.32. The Balaban J connectivity index is 1.31. The van der Waals surface area contributed by atoms with Crippen molar-refractivity contribution in [1.29, 1.82) is 0 Å². The maximum atomic E-state index is 13.0. The van der Waals surface area contributed by atoms with Crippen molar-refractivity contribution in [2.24, 2.45) is 11.0 Å². The van der Waals surface area contributed by atoms with Gasteiger partial charge in [-0.3, -0.25) is 9.59 Å². The molecule has 5 rings (SSSR count). The summed E-state index contributed by atoms with van der Waals surface area (Å²) in [5, 5.41) is 17.7. The van der Waals surface area contributed by atoms with Crippen molar-refractivity contribution in [3.05, 3.63) is 83.1 Å². The highest BCUT2D eigenvalue weighted by Crippen LogP contribution is 2.29. The van der Waals surface area contributed by atoms with E-state index >= 15 is 0 Å². The molecule has 2 aliphatic rings. The standard InChI is InChI=1S/C27H23N3O5/c1-16-23(26(32)30(29-16)21-4-2-3-20(13-21)27(33)34)14-22-11-12-24(35-22)18-7-9-19(10-8-18)25(31)28-15-17-5-6-17/h2-4,7-14,17H,5-6,15H2,1H3,(H,28,31)(H,33,34). The lowest BCUT2D eigenvalue weighted by atomic mass is 10.1. The fourth-order valence-electron chi connectivity index (χ4n) is 3.80. The number of benzene rings is 2. The van der Waals surface area contributed by atoms with Crippen LogP contribution in [-0.2, 0) is 4.79 Å². The minimum Gasteiger partial charge on any atom is -0.478 e. The van der Waals surface area contributed by atoms with Gasteiger partial charge in [0, 0.05) is 17.7 Å². The number of amides is 2. The molecule has 1 aromatic heterocycles. The minimum atomic E-state index is -1.08. The van der Waals surface area contributed by atoms with E-state index in [1.807, 2.05) is 12.1 Å². The highest BCUT2D eigenvalue weighted by Gasteiger charge is 2.29. The first kappa shape index (κ1) is 22.3. The molecule has 2 aromatic carbocycles. The first-order chi connectivity index (χ1) is 16.9. The predicted molar refractivity (Wildman–Crippen MR) is 131 cm³/mol. The molecule has 8 heteroatoms. The summed E-state index contributed by atoms with van der Waals surface area (Å²) >= 11 is 0. The average molecular weight is 469 g/mol. The first-order valence-corrected chi connectivity index (χ1v) is 11.3. The zero-order valence-electron chi connectivity index (χ0n) is 19.0. The number of carbonyl (C=O) groups is 3. The number of hydrogen-bond acceptors (Lipinski definition) is 5. The number of hydrazone groups is 1. The van der Waals surface area contributed by atoms with Gasteiger partial charge in [-0.25, -0.2) is 4.79 Å². The maximum absolute atomic E-state index is 13.0. The van der Waals surface area contributed by atoms with E-state index in [2.05, 4.69) is 10.4 Å². The number of nitrogens with zero attached hydrogens (tertiary/aromatic N) is 2. The van der Waals surface area contributed by atoms with Crippen molar-refractivity contribution in [2.75, 3.05) is 11.6 Å². The summed E-state index contributed by atoms with van der Waals surface area (Å²) in [6, 6.07) is 16.8. The third-order valence-corrected chi connectivity index (χ3v) is 5.99. The minimum absolute atomic E-state index is 0.0719. The van der Waals surface area contributed by atoms with E-state index in [0.29, 0.717) is 40.0 Å². The van der Waals surface area contributed by atoms with Crippen LogP contribution < -0.4 is 10.3 Å². The lowest BCUT2D eigenvalue weighted by Gasteiger charge is -2.12. The Morgan fingerprint density at radius 2 is 1.89 bits per heavy atom. The van der Waals surface area contributed by atoms with Gasteiger partial charge in [0.2, 0.25) is 0 Å². The Hall–Kier alpha value is -4.46. The molecule has 3 aromatic rings. The van der Waals surface area contributed by atoms with Crippen LogP contribution in [0.2, 0.25) is 0 Å². The van der Waals surface area contributed by atoms with E-state index in [1.165, 1.54) is 30.0 Å². The number of hydrogen-bond donors (Lipinski definition) is 2. The second-order valence-electron chi connectivity index (χ2n) is 8.65. The van der Waals surface area contributed by atoms with Crippen LogP contribution in [0.5, 0.6) is 0 Å². The number of aromatic carboxylic acids is 1. The third-order valence-electron chi connectivity index (χ3n) is 5.99. The first-order valence-electron chi connectivity index (χ1n) is 11.3. The zero-order chi connectivity index (χ0) is 24.5. The smallest absolute Gasteiger partial charge is 0.335 e. The Labute approximate surface area is 201 Å². The Morgan fingerprint density at radius 1 is 1.11 bits per heavy atom. The summed E-state index contributed by atoms with van der Waals surface area (Å²) in [7, 11) is 0. The molecule has 1 fully saturated rings. The molecule has 1 aliphatic carbocycles. The van der Waals surface area contributed by atoms with Gasteiger partial charge in [0.05, 0.1) is 22.5 Å². The average Bonchev–Trinajstić information content (AvgIpc) is 3.51. The molecular weight excluding hydrogens is 446 g/mol. The van der Waals surface area contributed by atoms with Crippen molar-refractivity contribution in [2.45, 2.75) is 19.8 Å². The van der Waals surface area contributed by atoms with Crippen LogP contribution in [0.15, 0.2) is 75.8 Å². The Morgan fingerprint density at radius 3 is 2.60 bits per heavy atom. The number of carboxylic acids is 1. The summed E-state index contributed by atoms with van der Waals surface area (Å²) < 4.78 is 5.93. The van der Waals surface area contributed by atoms with Crippen molar-refractivity contribution in [3.8, 4) is 11.3 Å². The molecule has 0 radical (unpaired) electrons. The largest absolute Gasteiger partial charge is 0.478 e. The molecule has 1 aliphatic heterocycles. The normalized spacial score (nSPS) is 16.5. The highest BCUT2D eigenvalue weighted by atomic mass is 16.4. The summed E-state index contributed by atoms with van der Waals surface area (Å²) in [6.45, 7) is 2.43. The molecule has 2 N–H and O–H groups in total. The second-order valence-corrected chi connectivity index (χ2v) is 8.65. The van der Waals surface area contributed by atoms with Gasteiger partial charge in [-0.05, 0) is 74.2 Å². The molecular formula is C27H23N3O5. The molecule has 2 amide bonds. The van der Waals surface area contributed by atoms with Gasteiger partial charge in [0.25, 0.3) is 11.8 Å². The fourth-order valence-corrected chi connectivity index (χ4v) is 3.80. The third kappa shape index (κ3) is 4.77. The van der Waals surface area contributed by atoms with Crippen molar-refractivity contribution < 1.29 is 23.9 Å². The molecule has 0 unspecified atom stereocenters. The van der Waals surface area contributed by atoms with Gasteiger partial charge in [-0.15, -0.1) is 0 Å². The second kappa shape index (κ2) is 9.06. The van der Waals surface area contributed by atoms with E-state index in [0.717, 1.165) is 12.1 Å². The molecule has 0 atom stereocenters. The van der Waals surface area contributed by atoms with Crippen molar-refractivity contribution >= 4 is 35.3 Å². The van der Waals surface area contributed by atoms with Crippen LogP contribution in [0.1, 0.15) is 46.2 Å². The quantitative estimate of drug-likeness (QED) is 0.492. The molecule has 35 heavy (non-hydrogen) atoms. The lowest BCUT2D eigenvalue weighted by Crippen LogP contribution is -2.25. The van der Waals surface area contributed by atoms with Crippen LogP contribution in [0, 0.1) is 5.92 Å². The van der Waals surface area contributed by atoms with Crippen LogP contribution in [0.3, 0.4) is 0 Å². The van der Waals surface area contributed by atoms with Crippen LogP contribution in [0.4, 0.5) is 5.69 Å². The Kier molecular flexibility index (Phi) is 5.78. The van der Waals surface area contributed by atoms with E-state index in [9.17, 15) is 19.5 Å². The number of anilines is 1. The molecule has 176 valence electrons. The number of carbonyl (C=O) groups excluding carboxylic acids is 2. The fraction of sp³-hybridized carbons (Fsp3) is 0.185. The van der Waals surface area contributed by atoms with E-state index in [4.69, 9.17) is 4.42 Å². The van der Waals surface area contributed by atoms with E-state index < -0.39 is 5.97 Å². The van der Waals surface area contributed by atoms with Crippen LogP contribution in [0.25, 0.3) is 17.4 Å². The Bertz CT molecular complexity index is 1380. The molecule has 1 saturated carbocycles. The van der Waals surface area contributed by atoms with Gasteiger partial charge in [-0.2, -0.15) is 10.1 Å². The van der Waals surface area contributed by atoms with E-state index in [1.54, 1.807) is 49.4 Å². The van der Waals surface area contributed by atoms with Crippen LogP contribution >= 0.6 is 0 Å². The summed E-state index contributed by atoms with van der Waals surface area (Å²) in [4.78, 5) is 36.5. The monoisotopic (exact) mass is 469 g/mol. The summed E-state index contributed by atoms with van der Waals surface area (Å²) in [6.07, 6.45) is 3.98. The molecule has 2 heterocycles. The molecule has 8 nitrogen and oxygen atoms in total. The van der Waals surface area contributed by atoms with Gasteiger partial charge in [0.15, 0.2) is 0 Å². The predicted octanol–water partition coefficient (Wildman–Crippen LogP) is 4.59. The van der Waals surface area contributed by atoms with E-state index in [-0.39, 0.29) is 17.4 Å². The maximum Gasteiger partial charge on any atom is 0.335 e. The molecule has 0 bridgehead atoms. The SMILES string of the molecule is CC1=NN(c2cccc(C(=O)O)c2)C(=O)C1=Cc1ccc(-c2ccc(C(=O)NCC3CC3)cc2)o1. The molecule has 0 saturated heterocycles. The van der Waals surface area contributed by atoms with Gasteiger partial charge in [-0.1, -0.05) is 18.2 Å². The number of carboxylic acid groups (broad SMARTS) is 1. The summed E-state index contributed by atoms with van der Waals surface area (Å²) in [5.41, 5.74) is 2.70. The number of rotatable bonds is 7. The van der Waals surface area contributed by atoms with Crippen molar-refractivity contribution in [1.82, 2.24) is 5.32 Å². The van der Waals surface area contributed by atoms with Gasteiger partial charge >= 0.3 is 5.97 Å². The van der Waals surface area contributed by atoms with Gasteiger partial charge in [0.1, 0.15) is 11.5 Å².